The molecule has 0 radical (unpaired) electrons. The number of carbonyl (C=O) groups excluding carboxylic acids is 4. The molecule has 13 heteroatoms. The molecule has 3 aromatic carbocycles. The van der Waals surface area contributed by atoms with Gasteiger partial charge in [0.05, 0.1) is 15.1 Å². The van der Waals surface area contributed by atoms with Crippen molar-refractivity contribution in [3.8, 4) is 5.75 Å². The van der Waals surface area contributed by atoms with Crippen LogP contribution in [-0.4, -0.2) is 28.7 Å². The molecule has 0 unspecified atom stereocenters. The van der Waals surface area contributed by atoms with Crippen LogP contribution in [0.5, 0.6) is 5.75 Å². The van der Waals surface area contributed by atoms with E-state index in [9.17, 15) is 33.7 Å². The molecule has 1 heterocycles. The summed E-state index contributed by atoms with van der Waals surface area (Å²) in [5.41, 5.74) is -0.368. The fraction of sp³-hybridized carbons (Fsp3) is 0. The van der Waals surface area contributed by atoms with Crippen molar-refractivity contribution in [2.45, 2.75) is 0 Å². The minimum absolute atomic E-state index is 0.0565. The first kappa shape index (κ1) is 27.5. The summed E-state index contributed by atoms with van der Waals surface area (Å²) in [6, 6.07) is 12.4. The zero-order valence-electron chi connectivity index (χ0n) is 19.4. The van der Waals surface area contributed by atoms with Crippen molar-refractivity contribution >= 4 is 79.2 Å². The molecule has 0 aliphatic carbocycles. The normalized spacial score (nSPS) is 14.6. The van der Waals surface area contributed by atoms with Crippen LogP contribution in [0.3, 0.4) is 0 Å². The number of halogens is 3. The molecule has 196 valence electrons. The van der Waals surface area contributed by atoms with Crippen LogP contribution in [0.25, 0.3) is 12.2 Å². The number of imide groups is 2. The number of rotatable bonds is 6. The molecule has 0 aromatic heterocycles. The van der Waals surface area contributed by atoms with Gasteiger partial charge in [-0.25, -0.2) is 18.9 Å². The lowest BCUT2D eigenvalue weighted by atomic mass is 10.1. The Morgan fingerprint density at radius 2 is 1.74 bits per heavy atom. The maximum absolute atomic E-state index is 14.4. The maximum atomic E-state index is 14.4. The van der Waals surface area contributed by atoms with Crippen LogP contribution in [0.1, 0.15) is 11.1 Å². The number of nitrogens with one attached hydrogen (secondary N) is 1. The number of carbonyl (C=O) groups is 4. The number of amides is 4. The predicted octanol–water partition coefficient (Wildman–Crippen LogP) is 5.54. The smallest absolute Gasteiger partial charge is 0.336 e. The first-order valence-corrected chi connectivity index (χ1v) is 12.4. The van der Waals surface area contributed by atoms with Crippen LogP contribution in [-0.2, 0) is 14.4 Å². The Kier molecular flexibility index (Phi) is 8.12. The molecule has 39 heavy (non-hydrogen) atoms. The summed E-state index contributed by atoms with van der Waals surface area (Å²) in [6.45, 7) is 0. The zero-order valence-corrected chi connectivity index (χ0v) is 22.6. The fourth-order valence-corrected chi connectivity index (χ4v) is 4.81. The minimum atomic E-state index is -1.12. The number of non-ortho nitro benzene ring substituents is 1. The number of hydrogen-bond acceptors (Lipinski definition) is 7. The van der Waals surface area contributed by atoms with Gasteiger partial charge in [0.2, 0.25) is 0 Å². The summed E-state index contributed by atoms with van der Waals surface area (Å²) >= 11 is 6.57. The van der Waals surface area contributed by atoms with Crippen LogP contribution in [0, 0.1) is 15.9 Å². The van der Waals surface area contributed by atoms with Gasteiger partial charge in [-0.1, -0.05) is 28.1 Å². The number of nitro benzene ring substituents is 1. The predicted molar refractivity (Wildman–Crippen MR) is 145 cm³/mol. The van der Waals surface area contributed by atoms with Crippen molar-refractivity contribution in [3.05, 3.63) is 108 Å². The average Bonchev–Trinajstić information content (AvgIpc) is 2.88. The number of nitro groups is 1. The van der Waals surface area contributed by atoms with E-state index in [1.165, 1.54) is 54.6 Å². The van der Waals surface area contributed by atoms with Gasteiger partial charge in [0.1, 0.15) is 11.4 Å². The number of ether oxygens (including phenoxy) is 1. The molecule has 10 nitrogen and oxygen atoms in total. The second-order valence-corrected chi connectivity index (χ2v) is 9.59. The van der Waals surface area contributed by atoms with Gasteiger partial charge < -0.3 is 4.74 Å². The highest BCUT2D eigenvalue weighted by Gasteiger charge is 2.38. The largest absolute Gasteiger partial charge is 0.422 e. The lowest BCUT2D eigenvalue weighted by Gasteiger charge is -2.26. The van der Waals surface area contributed by atoms with E-state index < -0.39 is 40.1 Å². The first-order chi connectivity index (χ1) is 18.5. The molecular weight excluding hydrogens is 645 g/mol. The van der Waals surface area contributed by atoms with E-state index in [0.717, 1.165) is 18.2 Å². The van der Waals surface area contributed by atoms with Gasteiger partial charge in [-0.3, -0.25) is 25.0 Å². The standard InChI is InChI=1S/C26H14Br2FN3O7/c27-16-11-15(12-18-24(34)30-26(36)31(25(18)35)21-4-2-1-3-20(21)29)23(19(28)13-16)39-22(33)10-7-14-5-8-17(9-6-14)32(37)38/h1-13H,(H,30,34,36)/b10-7+,18-12-. The molecule has 0 bridgehead atoms. The second kappa shape index (κ2) is 11.5. The lowest BCUT2D eigenvalue weighted by Crippen LogP contribution is -2.54. The molecule has 1 fully saturated rings. The second-order valence-electron chi connectivity index (χ2n) is 7.82. The van der Waals surface area contributed by atoms with Gasteiger partial charge in [-0.2, -0.15) is 0 Å². The third-order valence-electron chi connectivity index (χ3n) is 5.25. The maximum Gasteiger partial charge on any atom is 0.336 e. The van der Waals surface area contributed by atoms with Crippen LogP contribution < -0.4 is 15.0 Å². The number of para-hydroxylation sites is 1. The Morgan fingerprint density at radius 1 is 1.05 bits per heavy atom. The van der Waals surface area contributed by atoms with E-state index in [0.29, 0.717) is 14.9 Å². The molecule has 4 amide bonds. The van der Waals surface area contributed by atoms with Crippen molar-refractivity contribution in [2.75, 3.05) is 4.90 Å². The van der Waals surface area contributed by atoms with Crippen molar-refractivity contribution in [1.82, 2.24) is 5.32 Å². The van der Waals surface area contributed by atoms with E-state index in [-0.39, 0.29) is 27.2 Å². The van der Waals surface area contributed by atoms with Gasteiger partial charge in [0.25, 0.3) is 17.5 Å². The van der Waals surface area contributed by atoms with E-state index in [2.05, 4.69) is 31.9 Å². The number of hydrogen-bond donors (Lipinski definition) is 1. The van der Waals surface area contributed by atoms with Crippen LogP contribution in [0.2, 0.25) is 0 Å². The molecule has 1 N–H and O–H groups in total. The molecule has 1 aliphatic rings. The number of esters is 1. The monoisotopic (exact) mass is 657 g/mol. The van der Waals surface area contributed by atoms with E-state index >= 15 is 0 Å². The molecular formula is C26H14Br2FN3O7. The SMILES string of the molecule is O=C(/C=C/c1ccc([N+](=O)[O-])cc1)Oc1c(Br)cc(Br)cc1/C=C1/C(=O)NC(=O)N(c2ccccc2F)C1=O. The molecule has 1 aliphatic heterocycles. The van der Waals surface area contributed by atoms with Gasteiger partial charge in [-0.15, -0.1) is 0 Å². The average molecular weight is 659 g/mol. The third kappa shape index (κ3) is 6.16. The third-order valence-corrected chi connectivity index (χ3v) is 6.30. The van der Waals surface area contributed by atoms with Gasteiger partial charge in [-0.05, 0) is 70.0 Å². The van der Waals surface area contributed by atoms with Crippen molar-refractivity contribution in [1.29, 1.82) is 0 Å². The number of barbiturate groups is 1. The van der Waals surface area contributed by atoms with E-state index in [1.54, 1.807) is 6.07 Å². The minimum Gasteiger partial charge on any atom is -0.422 e. The summed E-state index contributed by atoms with van der Waals surface area (Å²) in [7, 11) is 0. The summed E-state index contributed by atoms with van der Waals surface area (Å²) in [5.74, 6) is -3.85. The van der Waals surface area contributed by atoms with Crippen LogP contribution >= 0.6 is 31.9 Å². The molecule has 4 rings (SSSR count). The molecule has 0 spiro atoms. The summed E-state index contributed by atoms with van der Waals surface area (Å²) in [6.07, 6.45) is 3.58. The van der Waals surface area contributed by atoms with Crippen molar-refractivity contribution in [2.24, 2.45) is 0 Å². The highest BCUT2D eigenvalue weighted by atomic mass is 79.9. The molecule has 0 atom stereocenters. The Hall–Kier alpha value is -4.49. The quantitative estimate of drug-likeness (QED) is 0.0917. The Morgan fingerprint density at radius 3 is 2.41 bits per heavy atom. The van der Waals surface area contributed by atoms with Gasteiger partial charge in [0.15, 0.2) is 5.75 Å². The number of anilines is 1. The molecule has 1 saturated heterocycles. The number of urea groups is 1. The van der Waals surface area contributed by atoms with Crippen molar-refractivity contribution in [3.63, 3.8) is 0 Å². The van der Waals surface area contributed by atoms with Gasteiger partial charge >= 0.3 is 12.0 Å². The molecule has 3 aromatic rings. The summed E-state index contributed by atoms with van der Waals surface area (Å²) < 4.78 is 20.6. The fourth-order valence-electron chi connectivity index (χ4n) is 3.47. The van der Waals surface area contributed by atoms with Gasteiger partial charge in [0, 0.05) is 28.2 Å². The van der Waals surface area contributed by atoms with E-state index in [4.69, 9.17) is 4.74 Å². The summed E-state index contributed by atoms with van der Waals surface area (Å²) in [4.78, 5) is 61.4. The number of benzene rings is 3. The van der Waals surface area contributed by atoms with Crippen molar-refractivity contribution < 1.29 is 33.2 Å². The molecule has 0 saturated carbocycles. The van der Waals surface area contributed by atoms with Crippen LogP contribution in [0.4, 0.5) is 20.6 Å². The topological polar surface area (TPSA) is 136 Å². The number of nitrogens with zero attached hydrogens (tertiary/aromatic N) is 2. The van der Waals surface area contributed by atoms with Crippen LogP contribution in [0.15, 0.2) is 81.3 Å². The van der Waals surface area contributed by atoms with E-state index in [1.807, 2.05) is 5.32 Å². The first-order valence-electron chi connectivity index (χ1n) is 10.8. The highest BCUT2D eigenvalue weighted by Crippen LogP contribution is 2.35. The summed E-state index contributed by atoms with van der Waals surface area (Å²) in [5, 5.41) is 12.8. The highest BCUT2D eigenvalue weighted by molar-refractivity contribution is 9.11. The Balaban J connectivity index is 1.65. The lowest BCUT2D eigenvalue weighted by molar-refractivity contribution is -0.384. The zero-order chi connectivity index (χ0) is 28.3. The Bertz CT molecular complexity index is 1600. The Labute approximate surface area is 236 Å².